The average molecular weight is 461 g/mol. The Balaban J connectivity index is 2.17. The molecule has 2 atom stereocenters. The Hall–Kier alpha value is -2.21. The van der Waals surface area contributed by atoms with Crippen LogP contribution in [0.2, 0.25) is 0 Å². The fourth-order valence-electron chi connectivity index (χ4n) is 2.65. The Morgan fingerprint density at radius 1 is 1.43 bits per heavy atom. The van der Waals surface area contributed by atoms with Crippen molar-refractivity contribution >= 4 is 33.9 Å². The van der Waals surface area contributed by atoms with Crippen molar-refractivity contribution in [2.45, 2.75) is 57.7 Å². The average Bonchev–Trinajstić information content (AvgIpc) is 2.89. The number of alkyl carbamates (subject to hydrolysis) is 1. The second-order valence-electron chi connectivity index (χ2n) is 7.48. The smallest absolute Gasteiger partial charge is 0.408 e. The van der Waals surface area contributed by atoms with Crippen LogP contribution in [0.3, 0.4) is 0 Å². The SMILES string of the molecule is Cn1nc(CC(NC(=O)OC(C)(C)C)C(=O)N2CCC[C@@H](C(=O)O)N2)nc1Br. The highest BCUT2D eigenvalue weighted by Crippen LogP contribution is 2.13. The van der Waals surface area contributed by atoms with Crippen LogP contribution in [0.25, 0.3) is 0 Å². The number of hydrogen-bond acceptors (Lipinski definition) is 7. The molecule has 2 amide bonds. The molecule has 0 spiro atoms. The van der Waals surface area contributed by atoms with E-state index in [1.807, 2.05) is 0 Å². The van der Waals surface area contributed by atoms with Crippen molar-refractivity contribution in [3.05, 3.63) is 10.6 Å². The van der Waals surface area contributed by atoms with Crippen LogP contribution in [0.5, 0.6) is 0 Å². The lowest BCUT2D eigenvalue weighted by atomic mass is 10.1. The van der Waals surface area contributed by atoms with Crippen LogP contribution < -0.4 is 10.7 Å². The number of nitrogens with zero attached hydrogens (tertiary/aromatic N) is 4. The molecule has 2 rings (SSSR count). The van der Waals surface area contributed by atoms with Gasteiger partial charge in [-0.3, -0.25) is 14.6 Å². The maximum atomic E-state index is 13.0. The summed E-state index contributed by atoms with van der Waals surface area (Å²) < 4.78 is 7.21. The van der Waals surface area contributed by atoms with Gasteiger partial charge in [0, 0.05) is 20.0 Å². The summed E-state index contributed by atoms with van der Waals surface area (Å²) in [7, 11) is 1.68. The van der Waals surface area contributed by atoms with Crippen molar-refractivity contribution in [2.24, 2.45) is 7.05 Å². The zero-order valence-electron chi connectivity index (χ0n) is 16.2. The highest BCUT2D eigenvalue weighted by Gasteiger charge is 2.34. The molecule has 0 bridgehead atoms. The Labute approximate surface area is 170 Å². The molecule has 1 aliphatic rings. The standard InChI is InChI=1S/C16H25BrN6O5/c1-16(2,3)28-15(27)18-10(8-11-19-14(17)22(4)21-11)12(24)23-7-5-6-9(20-23)13(25)26/h9-10,20H,5-8H2,1-4H3,(H,18,27)(H,25,26)/t9-,10?/m0/s1. The summed E-state index contributed by atoms with van der Waals surface area (Å²) in [6.07, 6.45) is 0.209. The van der Waals surface area contributed by atoms with Gasteiger partial charge < -0.3 is 15.2 Å². The van der Waals surface area contributed by atoms with Crippen molar-refractivity contribution in [1.29, 1.82) is 0 Å². The quantitative estimate of drug-likeness (QED) is 0.580. The number of carboxylic acid groups (broad SMARTS) is 1. The first-order valence-electron chi connectivity index (χ1n) is 8.81. The number of rotatable bonds is 5. The van der Waals surface area contributed by atoms with Crippen LogP contribution in [-0.2, 0) is 27.8 Å². The van der Waals surface area contributed by atoms with Crippen LogP contribution in [-0.4, -0.2) is 67.1 Å². The molecule has 12 heteroatoms. The van der Waals surface area contributed by atoms with E-state index in [1.165, 1.54) is 9.69 Å². The van der Waals surface area contributed by atoms with E-state index in [1.54, 1.807) is 27.8 Å². The van der Waals surface area contributed by atoms with E-state index in [0.29, 0.717) is 29.9 Å². The predicted octanol–water partition coefficient (Wildman–Crippen LogP) is 0.594. The largest absolute Gasteiger partial charge is 0.480 e. The van der Waals surface area contributed by atoms with Crippen molar-refractivity contribution < 1.29 is 24.2 Å². The van der Waals surface area contributed by atoms with Crippen molar-refractivity contribution in [3.8, 4) is 0 Å². The minimum atomic E-state index is -1.04. The van der Waals surface area contributed by atoms with E-state index in [-0.39, 0.29) is 6.42 Å². The molecule has 1 saturated heterocycles. The predicted molar refractivity (Wildman–Crippen MR) is 101 cm³/mol. The lowest BCUT2D eigenvalue weighted by Gasteiger charge is -2.34. The summed E-state index contributed by atoms with van der Waals surface area (Å²) in [5.74, 6) is -1.18. The first-order valence-corrected chi connectivity index (χ1v) is 9.61. The second-order valence-corrected chi connectivity index (χ2v) is 8.18. The lowest BCUT2D eigenvalue weighted by Crippen LogP contribution is -2.60. The van der Waals surface area contributed by atoms with Gasteiger partial charge in [0.1, 0.15) is 17.7 Å². The van der Waals surface area contributed by atoms with Gasteiger partial charge in [0.25, 0.3) is 5.91 Å². The van der Waals surface area contributed by atoms with Crippen molar-refractivity contribution in [1.82, 2.24) is 30.5 Å². The minimum absolute atomic E-state index is 0.0213. The fourth-order valence-corrected chi connectivity index (χ4v) is 2.93. The van der Waals surface area contributed by atoms with Crippen molar-refractivity contribution in [2.75, 3.05) is 6.54 Å². The molecule has 0 saturated carbocycles. The number of carbonyl (C=O) groups is 3. The van der Waals surface area contributed by atoms with Gasteiger partial charge in [-0.2, -0.15) is 5.10 Å². The van der Waals surface area contributed by atoms with Gasteiger partial charge in [0.15, 0.2) is 10.6 Å². The molecule has 0 aromatic carbocycles. The van der Waals surface area contributed by atoms with Crippen LogP contribution in [0.4, 0.5) is 4.79 Å². The lowest BCUT2D eigenvalue weighted by molar-refractivity contribution is -0.147. The van der Waals surface area contributed by atoms with Gasteiger partial charge in [-0.15, -0.1) is 0 Å². The number of hydrogen-bond donors (Lipinski definition) is 3. The summed E-state index contributed by atoms with van der Waals surface area (Å²) in [6.45, 7) is 5.47. The van der Waals surface area contributed by atoms with Gasteiger partial charge in [0.05, 0.1) is 0 Å². The van der Waals surface area contributed by atoms with E-state index in [0.717, 1.165) is 0 Å². The van der Waals surface area contributed by atoms with Gasteiger partial charge in [-0.05, 0) is 49.5 Å². The summed E-state index contributed by atoms with van der Waals surface area (Å²) in [5.41, 5.74) is 1.96. The molecule has 2 heterocycles. The third-order valence-corrected chi connectivity index (χ3v) is 4.57. The Kier molecular flexibility index (Phi) is 6.99. The number of amides is 2. The number of aryl methyl sites for hydroxylation is 1. The molecule has 0 aliphatic carbocycles. The third-order valence-electron chi connectivity index (χ3n) is 3.88. The number of halogens is 1. The molecule has 28 heavy (non-hydrogen) atoms. The summed E-state index contributed by atoms with van der Waals surface area (Å²) >= 11 is 3.24. The molecular formula is C16H25BrN6O5. The number of ether oxygens (including phenoxy) is 1. The number of aromatic nitrogens is 3. The number of aliphatic carboxylic acids is 1. The van der Waals surface area contributed by atoms with Crippen molar-refractivity contribution in [3.63, 3.8) is 0 Å². The van der Waals surface area contributed by atoms with Gasteiger partial charge in [-0.1, -0.05) is 0 Å². The maximum absolute atomic E-state index is 13.0. The van der Waals surface area contributed by atoms with Crippen LogP contribution in [0.15, 0.2) is 4.73 Å². The highest BCUT2D eigenvalue weighted by molar-refractivity contribution is 9.10. The van der Waals surface area contributed by atoms with Crippen LogP contribution in [0.1, 0.15) is 39.4 Å². The molecule has 1 unspecified atom stereocenters. The summed E-state index contributed by atoms with van der Waals surface area (Å²) in [5, 5.41) is 17.2. The van der Waals surface area contributed by atoms with Gasteiger partial charge in [-0.25, -0.2) is 19.9 Å². The molecule has 1 fully saturated rings. The Morgan fingerprint density at radius 2 is 2.11 bits per heavy atom. The molecule has 3 N–H and O–H groups in total. The van der Waals surface area contributed by atoms with E-state index >= 15 is 0 Å². The molecule has 156 valence electrons. The Bertz CT molecular complexity index is 727. The van der Waals surface area contributed by atoms with E-state index in [9.17, 15) is 19.5 Å². The van der Waals surface area contributed by atoms with E-state index < -0.39 is 35.7 Å². The molecule has 11 nitrogen and oxygen atoms in total. The zero-order chi connectivity index (χ0) is 21.1. The monoisotopic (exact) mass is 460 g/mol. The number of hydrazine groups is 1. The number of carbonyl (C=O) groups excluding carboxylic acids is 2. The van der Waals surface area contributed by atoms with E-state index in [2.05, 4.69) is 36.8 Å². The third kappa shape index (κ3) is 6.16. The molecule has 0 radical (unpaired) electrons. The summed E-state index contributed by atoms with van der Waals surface area (Å²) in [6, 6.07) is -1.88. The molecular weight excluding hydrogens is 436 g/mol. The fraction of sp³-hybridized carbons (Fsp3) is 0.688. The topological polar surface area (TPSA) is 139 Å². The normalized spacial score (nSPS) is 18.5. The Morgan fingerprint density at radius 3 is 2.64 bits per heavy atom. The van der Waals surface area contributed by atoms with Crippen LogP contribution >= 0.6 is 15.9 Å². The second kappa shape index (κ2) is 8.86. The van der Waals surface area contributed by atoms with E-state index in [4.69, 9.17) is 4.74 Å². The number of carboxylic acids is 1. The molecule has 1 aliphatic heterocycles. The first-order chi connectivity index (χ1) is 13.0. The van der Waals surface area contributed by atoms with Gasteiger partial charge in [0.2, 0.25) is 0 Å². The summed E-state index contributed by atoms with van der Waals surface area (Å²) in [4.78, 5) is 40.6. The highest BCUT2D eigenvalue weighted by atomic mass is 79.9. The molecule has 1 aromatic rings. The van der Waals surface area contributed by atoms with Gasteiger partial charge >= 0.3 is 12.1 Å². The molecule has 1 aromatic heterocycles. The maximum Gasteiger partial charge on any atom is 0.408 e. The zero-order valence-corrected chi connectivity index (χ0v) is 17.8. The van der Waals surface area contributed by atoms with Crippen LogP contribution in [0, 0.1) is 0 Å². The first kappa shape index (κ1) is 22.1. The number of nitrogens with one attached hydrogen (secondary N) is 2. The minimum Gasteiger partial charge on any atom is -0.480 e.